The van der Waals surface area contributed by atoms with Crippen molar-refractivity contribution in [3.05, 3.63) is 71.3 Å². The average molecular weight is 296 g/mol. The molecule has 0 radical (unpaired) electrons. The first-order chi connectivity index (χ1) is 10.8. The minimum Gasteiger partial charge on any atom is -0.478 e. The van der Waals surface area contributed by atoms with Gasteiger partial charge in [-0.25, -0.2) is 4.79 Å². The van der Waals surface area contributed by atoms with Crippen molar-refractivity contribution in [1.82, 2.24) is 10.2 Å². The number of rotatable bonds is 4. The third-order valence-electron chi connectivity index (χ3n) is 4.16. The van der Waals surface area contributed by atoms with Gasteiger partial charge in [-0.2, -0.15) is 0 Å². The fraction of sp³-hybridized carbons (Fsp3) is 0.278. The summed E-state index contributed by atoms with van der Waals surface area (Å²) in [4.78, 5) is 13.7. The summed E-state index contributed by atoms with van der Waals surface area (Å²) in [7, 11) is 0. The van der Waals surface area contributed by atoms with Gasteiger partial charge >= 0.3 is 5.97 Å². The van der Waals surface area contributed by atoms with Crippen molar-refractivity contribution in [2.24, 2.45) is 0 Å². The van der Waals surface area contributed by atoms with Crippen molar-refractivity contribution in [2.75, 3.05) is 19.6 Å². The van der Waals surface area contributed by atoms with Crippen LogP contribution in [0.1, 0.15) is 27.5 Å². The van der Waals surface area contributed by atoms with E-state index in [9.17, 15) is 9.90 Å². The molecule has 1 unspecified atom stereocenters. The highest BCUT2D eigenvalue weighted by atomic mass is 16.4. The molecule has 1 aliphatic heterocycles. The molecule has 22 heavy (non-hydrogen) atoms. The Labute approximate surface area is 130 Å². The van der Waals surface area contributed by atoms with E-state index < -0.39 is 5.97 Å². The second-order valence-electron chi connectivity index (χ2n) is 5.56. The maximum atomic E-state index is 11.4. The second-order valence-corrected chi connectivity index (χ2v) is 5.56. The Hall–Kier alpha value is -2.17. The third-order valence-corrected chi connectivity index (χ3v) is 4.16. The number of benzene rings is 2. The molecule has 114 valence electrons. The minimum absolute atomic E-state index is 0.275. The smallest absolute Gasteiger partial charge is 0.336 e. The van der Waals surface area contributed by atoms with Gasteiger partial charge in [-0.3, -0.25) is 4.90 Å². The van der Waals surface area contributed by atoms with Gasteiger partial charge in [0.1, 0.15) is 0 Å². The predicted molar refractivity (Wildman–Crippen MR) is 85.9 cm³/mol. The SMILES string of the molecule is O=C(O)c1ccccc1CN1CCNCC1c1ccccc1. The van der Waals surface area contributed by atoms with Gasteiger partial charge in [0.05, 0.1) is 5.56 Å². The minimum atomic E-state index is -0.859. The Morgan fingerprint density at radius 3 is 2.64 bits per heavy atom. The first-order valence-electron chi connectivity index (χ1n) is 7.56. The molecular formula is C18H20N2O2. The van der Waals surface area contributed by atoms with Crippen molar-refractivity contribution < 1.29 is 9.90 Å². The average Bonchev–Trinajstić information content (AvgIpc) is 2.56. The van der Waals surface area contributed by atoms with E-state index >= 15 is 0 Å². The molecule has 1 saturated heterocycles. The summed E-state index contributed by atoms with van der Waals surface area (Å²) in [6, 6.07) is 17.9. The fourth-order valence-corrected chi connectivity index (χ4v) is 3.03. The zero-order valence-electron chi connectivity index (χ0n) is 12.4. The number of piperazine rings is 1. The Morgan fingerprint density at radius 2 is 1.86 bits per heavy atom. The molecule has 0 spiro atoms. The van der Waals surface area contributed by atoms with E-state index in [0.717, 1.165) is 25.2 Å². The molecule has 1 aliphatic rings. The lowest BCUT2D eigenvalue weighted by Crippen LogP contribution is -2.45. The van der Waals surface area contributed by atoms with Gasteiger partial charge < -0.3 is 10.4 Å². The topological polar surface area (TPSA) is 52.6 Å². The molecule has 0 amide bonds. The zero-order chi connectivity index (χ0) is 15.4. The van der Waals surface area contributed by atoms with E-state index in [4.69, 9.17) is 0 Å². The van der Waals surface area contributed by atoms with Crippen LogP contribution in [0.15, 0.2) is 54.6 Å². The zero-order valence-corrected chi connectivity index (χ0v) is 12.4. The normalized spacial score (nSPS) is 19.0. The molecule has 1 atom stereocenters. The number of carboxylic acids is 1. The molecule has 1 fully saturated rings. The van der Waals surface area contributed by atoms with Gasteiger partial charge in [0.15, 0.2) is 0 Å². The highest BCUT2D eigenvalue weighted by Gasteiger charge is 2.24. The van der Waals surface area contributed by atoms with Gasteiger partial charge in [-0.05, 0) is 17.2 Å². The van der Waals surface area contributed by atoms with Gasteiger partial charge in [0.25, 0.3) is 0 Å². The lowest BCUT2D eigenvalue weighted by molar-refractivity contribution is 0.0693. The maximum Gasteiger partial charge on any atom is 0.336 e. The van der Waals surface area contributed by atoms with Gasteiger partial charge in [0, 0.05) is 32.2 Å². The van der Waals surface area contributed by atoms with Crippen LogP contribution in [-0.4, -0.2) is 35.6 Å². The predicted octanol–water partition coefficient (Wildman–Crippen LogP) is 2.53. The molecule has 2 N–H and O–H groups in total. The summed E-state index contributed by atoms with van der Waals surface area (Å²) in [5.74, 6) is -0.859. The summed E-state index contributed by atoms with van der Waals surface area (Å²) < 4.78 is 0. The van der Waals surface area contributed by atoms with Crippen LogP contribution in [0.2, 0.25) is 0 Å². The second kappa shape index (κ2) is 6.73. The Morgan fingerprint density at radius 1 is 1.14 bits per heavy atom. The Bertz CT molecular complexity index is 643. The summed E-state index contributed by atoms with van der Waals surface area (Å²) >= 11 is 0. The summed E-state index contributed by atoms with van der Waals surface area (Å²) in [6.45, 7) is 3.38. The largest absolute Gasteiger partial charge is 0.478 e. The highest BCUT2D eigenvalue weighted by molar-refractivity contribution is 5.89. The molecule has 3 rings (SSSR count). The molecule has 2 aromatic carbocycles. The lowest BCUT2D eigenvalue weighted by atomic mass is 10.0. The van der Waals surface area contributed by atoms with Gasteiger partial charge in [0.2, 0.25) is 0 Å². The third kappa shape index (κ3) is 3.18. The van der Waals surface area contributed by atoms with E-state index in [1.807, 2.05) is 30.3 Å². The molecule has 4 heteroatoms. The van der Waals surface area contributed by atoms with Crippen LogP contribution in [0.3, 0.4) is 0 Å². The van der Waals surface area contributed by atoms with Crippen LogP contribution in [0.25, 0.3) is 0 Å². The standard InChI is InChI=1S/C18H20N2O2/c21-18(22)16-9-5-4-8-15(16)13-20-11-10-19-12-17(20)14-6-2-1-3-7-14/h1-9,17,19H,10-13H2,(H,21,22). The molecule has 0 bridgehead atoms. The number of aromatic carboxylic acids is 1. The van der Waals surface area contributed by atoms with Gasteiger partial charge in [-0.1, -0.05) is 48.5 Å². The van der Waals surface area contributed by atoms with Crippen LogP contribution < -0.4 is 5.32 Å². The fourth-order valence-electron chi connectivity index (χ4n) is 3.03. The number of carbonyl (C=O) groups is 1. The summed E-state index contributed by atoms with van der Waals surface area (Å²) in [5, 5.41) is 12.8. The first-order valence-corrected chi connectivity index (χ1v) is 7.56. The monoisotopic (exact) mass is 296 g/mol. The molecule has 0 aliphatic carbocycles. The van der Waals surface area contributed by atoms with Gasteiger partial charge in [-0.15, -0.1) is 0 Å². The summed E-state index contributed by atoms with van der Waals surface area (Å²) in [5.41, 5.74) is 2.54. The van der Waals surface area contributed by atoms with E-state index in [2.05, 4.69) is 22.3 Å². The molecule has 0 saturated carbocycles. The number of nitrogens with zero attached hydrogens (tertiary/aromatic N) is 1. The lowest BCUT2D eigenvalue weighted by Gasteiger charge is -2.36. The Kier molecular flexibility index (Phi) is 4.51. The van der Waals surface area contributed by atoms with Crippen molar-refractivity contribution in [3.63, 3.8) is 0 Å². The first kappa shape index (κ1) is 14.8. The Balaban J connectivity index is 1.85. The maximum absolute atomic E-state index is 11.4. The van der Waals surface area contributed by atoms with E-state index in [0.29, 0.717) is 12.1 Å². The van der Waals surface area contributed by atoms with Crippen molar-refractivity contribution >= 4 is 5.97 Å². The van der Waals surface area contributed by atoms with Crippen molar-refractivity contribution in [3.8, 4) is 0 Å². The van der Waals surface area contributed by atoms with Crippen LogP contribution in [-0.2, 0) is 6.54 Å². The number of hydrogen-bond donors (Lipinski definition) is 2. The van der Waals surface area contributed by atoms with Crippen molar-refractivity contribution in [2.45, 2.75) is 12.6 Å². The van der Waals surface area contributed by atoms with Crippen LogP contribution in [0, 0.1) is 0 Å². The number of nitrogens with one attached hydrogen (secondary N) is 1. The molecule has 1 heterocycles. The van der Waals surface area contributed by atoms with E-state index in [-0.39, 0.29) is 6.04 Å². The summed E-state index contributed by atoms with van der Waals surface area (Å²) in [6.07, 6.45) is 0. The molecule has 4 nitrogen and oxygen atoms in total. The van der Waals surface area contributed by atoms with E-state index in [1.165, 1.54) is 5.56 Å². The molecular weight excluding hydrogens is 276 g/mol. The number of hydrogen-bond acceptors (Lipinski definition) is 3. The quantitative estimate of drug-likeness (QED) is 0.910. The molecule has 2 aromatic rings. The number of carboxylic acid groups (broad SMARTS) is 1. The van der Waals surface area contributed by atoms with Crippen molar-refractivity contribution in [1.29, 1.82) is 0 Å². The van der Waals surface area contributed by atoms with Crippen LogP contribution in [0.5, 0.6) is 0 Å². The highest BCUT2D eigenvalue weighted by Crippen LogP contribution is 2.25. The van der Waals surface area contributed by atoms with Crippen LogP contribution >= 0.6 is 0 Å². The molecule has 0 aromatic heterocycles. The van der Waals surface area contributed by atoms with Crippen LogP contribution in [0.4, 0.5) is 0 Å². The van der Waals surface area contributed by atoms with E-state index in [1.54, 1.807) is 12.1 Å².